The van der Waals surface area contributed by atoms with E-state index in [1.807, 2.05) is 61.8 Å². The lowest BCUT2D eigenvalue weighted by Gasteiger charge is -2.14. The summed E-state index contributed by atoms with van der Waals surface area (Å²) in [5.41, 5.74) is 9.74. The predicted molar refractivity (Wildman–Crippen MR) is 92.0 cm³/mol. The van der Waals surface area contributed by atoms with E-state index >= 15 is 0 Å². The van der Waals surface area contributed by atoms with Crippen molar-refractivity contribution in [2.24, 2.45) is 5.73 Å². The van der Waals surface area contributed by atoms with E-state index in [1.165, 1.54) is 0 Å². The molecule has 2 aromatic heterocycles. The Kier molecular flexibility index (Phi) is 5.12. The van der Waals surface area contributed by atoms with Gasteiger partial charge < -0.3 is 10.6 Å². The summed E-state index contributed by atoms with van der Waals surface area (Å²) < 4.78 is 1.86. The van der Waals surface area contributed by atoms with Gasteiger partial charge in [0.15, 0.2) is 0 Å². The Morgan fingerprint density at radius 3 is 2.36 bits per heavy atom. The van der Waals surface area contributed by atoms with Crippen LogP contribution in [0.1, 0.15) is 19.4 Å². The van der Waals surface area contributed by atoms with E-state index in [0.717, 1.165) is 28.2 Å². The fourth-order valence-electron chi connectivity index (χ4n) is 2.14. The van der Waals surface area contributed by atoms with Crippen molar-refractivity contribution in [1.82, 2.24) is 14.6 Å². The Morgan fingerprint density at radius 1 is 1.09 bits per heavy atom. The highest BCUT2D eigenvalue weighted by Gasteiger charge is 2.10. The van der Waals surface area contributed by atoms with Crippen LogP contribution >= 0.6 is 0 Å². The van der Waals surface area contributed by atoms with Gasteiger partial charge in [0, 0.05) is 26.2 Å². The molecule has 0 aliphatic carbocycles. The van der Waals surface area contributed by atoms with Crippen LogP contribution in [0.3, 0.4) is 0 Å². The van der Waals surface area contributed by atoms with Gasteiger partial charge in [-0.1, -0.05) is 38.1 Å². The third kappa shape index (κ3) is 3.09. The first-order chi connectivity index (χ1) is 10.7. The molecule has 0 saturated heterocycles. The summed E-state index contributed by atoms with van der Waals surface area (Å²) >= 11 is 0. The largest absolute Gasteiger partial charge is 0.361 e. The molecule has 5 nitrogen and oxygen atoms in total. The molecule has 0 aliphatic heterocycles. The number of hydrogen-bond acceptors (Lipinski definition) is 4. The second kappa shape index (κ2) is 7.04. The molecule has 0 amide bonds. The van der Waals surface area contributed by atoms with Gasteiger partial charge in [0.2, 0.25) is 0 Å². The minimum Gasteiger partial charge on any atom is -0.361 e. The molecule has 0 atom stereocenters. The van der Waals surface area contributed by atoms with Crippen molar-refractivity contribution < 1.29 is 0 Å². The second-order valence-corrected chi connectivity index (χ2v) is 4.90. The van der Waals surface area contributed by atoms with Crippen LogP contribution in [0, 0.1) is 0 Å². The fourth-order valence-corrected chi connectivity index (χ4v) is 2.14. The molecule has 2 N–H and O–H groups in total. The fraction of sp³-hybridized carbons (Fsp3) is 0.294. The van der Waals surface area contributed by atoms with Crippen LogP contribution in [0.15, 0.2) is 42.7 Å². The molecule has 116 valence electrons. The Labute approximate surface area is 131 Å². The third-order valence-corrected chi connectivity index (χ3v) is 3.30. The quantitative estimate of drug-likeness (QED) is 0.807. The molecule has 1 aromatic carbocycles. The normalized spacial score (nSPS) is 10.2. The monoisotopic (exact) mass is 297 g/mol. The zero-order chi connectivity index (χ0) is 16.1. The molecule has 0 unspecified atom stereocenters. The zero-order valence-electron chi connectivity index (χ0n) is 13.6. The Balaban J connectivity index is 0.000000847. The summed E-state index contributed by atoms with van der Waals surface area (Å²) in [6.45, 7) is 4.55. The van der Waals surface area contributed by atoms with Crippen molar-refractivity contribution in [3.05, 3.63) is 48.3 Å². The van der Waals surface area contributed by atoms with Gasteiger partial charge in [0.25, 0.3) is 0 Å². The Bertz CT molecular complexity index is 728. The van der Waals surface area contributed by atoms with Crippen LogP contribution in [0.2, 0.25) is 0 Å². The van der Waals surface area contributed by atoms with Crippen LogP contribution in [-0.4, -0.2) is 28.7 Å². The van der Waals surface area contributed by atoms with Gasteiger partial charge in [0.1, 0.15) is 5.82 Å². The van der Waals surface area contributed by atoms with Crippen LogP contribution in [0.5, 0.6) is 0 Å². The molecule has 5 heteroatoms. The summed E-state index contributed by atoms with van der Waals surface area (Å²) in [6, 6.07) is 10.1. The summed E-state index contributed by atoms with van der Waals surface area (Å²) in [7, 11) is 3.94. The van der Waals surface area contributed by atoms with E-state index < -0.39 is 0 Å². The van der Waals surface area contributed by atoms with E-state index in [9.17, 15) is 0 Å². The van der Waals surface area contributed by atoms with E-state index in [4.69, 9.17) is 10.7 Å². The minimum atomic E-state index is 0.549. The highest BCUT2D eigenvalue weighted by Crippen LogP contribution is 2.25. The lowest BCUT2D eigenvalue weighted by Crippen LogP contribution is -2.12. The average Bonchev–Trinajstić information content (AvgIpc) is 3.04. The van der Waals surface area contributed by atoms with Crippen LogP contribution in [0.25, 0.3) is 16.8 Å². The van der Waals surface area contributed by atoms with Crippen molar-refractivity contribution in [1.29, 1.82) is 0 Å². The van der Waals surface area contributed by atoms with Gasteiger partial charge in [0.05, 0.1) is 23.6 Å². The molecule has 3 rings (SSSR count). The van der Waals surface area contributed by atoms with E-state index in [-0.39, 0.29) is 0 Å². The maximum atomic E-state index is 5.64. The molecule has 3 aromatic rings. The van der Waals surface area contributed by atoms with Crippen LogP contribution in [-0.2, 0) is 6.54 Å². The van der Waals surface area contributed by atoms with E-state index in [1.54, 1.807) is 6.20 Å². The Morgan fingerprint density at radius 2 is 1.77 bits per heavy atom. The molecule has 0 fully saturated rings. The summed E-state index contributed by atoms with van der Waals surface area (Å²) in [4.78, 5) is 6.70. The van der Waals surface area contributed by atoms with Gasteiger partial charge in [-0.3, -0.25) is 0 Å². The molecule has 2 heterocycles. The summed E-state index contributed by atoms with van der Waals surface area (Å²) in [6.07, 6.45) is 3.71. The van der Waals surface area contributed by atoms with Crippen molar-refractivity contribution in [2.45, 2.75) is 20.4 Å². The maximum absolute atomic E-state index is 5.64. The first-order valence-electron chi connectivity index (χ1n) is 7.50. The molecule has 0 bridgehead atoms. The molecule has 0 saturated carbocycles. The number of nitrogens with zero attached hydrogens (tertiary/aromatic N) is 4. The van der Waals surface area contributed by atoms with Gasteiger partial charge >= 0.3 is 0 Å². The molecule has 0 radical (unpaired) electrons. The highest BCUT2D eigenvalue weighted by molar-refractivity contribution is 5.77. The maximum Gasteiger partial charge on any atom is 0.147 e. The van der Waals surface area contributed by atoms with Gasteiger partial charge in [-0.05, 0) is 11.6 Å². The van der Waals surface area contributed by atoms with Crippen molar-refractivity contribution in [3.8, 4) is 11.3 Å². The van der Waals surface area contributed by atoms with Gasteiger partial charge in [-0.15, -0.1) is 0 Å². The molecule has 0 spiro atoms. The number of rotatable bonds is 3. The summed E-state index contributed by atoms with van der Waals surface area (Å²) in [5.74, 6) is 0.874. The molecular weight excluding hydrogens is 274 g/mol. The van der Waals surface area contributed by atoms with Crippen LogP contribution < -0.4 is 10.6 Å². The molecular formula is C17H23N5. The number of nitrogens with two attached hydrogens (primary N) is 1. The first-order valence-corrected chi connectivity index (χ1v) is 7.50. The number of fused-ring (bicyclic) bond motifs is 1. The summed E-state index contributed by atoms with van der Waals surface area (Å²) in [5, 5.41) is 4.31. The number of benzene rings is 1. The van der Waals surface area contributed by atoms with Gasteiger partial charge in [-0.2, -0.15) is 5.10 Å². The zero-order valence-corrected chi connectivity index (χ0v) is 13.6. The smallest absolute Gasteiger partial charge is 0.147 e. The number of hydrogen-bond donors (Lipinski definition) is 1. The first kappa shape index (κ1) is 16.0. The topological polar surface area (TPSA) is 59.5 Å². The van der Waals surface area contributed by atoms with Crippen molar-refractivity contribution in [2.75, 3.05) is 19.0 Å². The van der Waals surface area contributed by atoms with Crippen molar-refractivity contribution >= 4 is 11.3 Å². The number of anilines is 1. The average molecular weight is 297 g/mol. The highest BCUT2D eigenvalue weighted by atomic mass is 15.2. The van der Waals surface area contributed by atoms with Crippen LogP contribution in [0.4, 0.5) is 5.82 Å². The number of aromatic nitrogens is 3. The third-order valence-electron chi connectivity index (χ3n) is 3.30. The van der Waals surface area contributed by atoms with Gasteiger partial charge in [-0.25, -0.2) is 9.50 Å². The molecule has 22 heavy (non-hydrogen) atoms. The lowest BCUT2D eigenvalue weighted by molar-refractivity contribution is 0.928. The van der Waals surface area contributed by atoms with E-state index in [2.05, 4.69) is 17.2 Å². The second-order valence-electron chi connectivity index (χ2n) is 4.90. The van der Waals surface area contributed by atoms with E-state index in [0.29, 0.717) is 6.54 Å². The Hall–Kier alpha value is -2.40. The van der Waals surface area contributed by atoms with Crippen molar-refractivity contribution in [3.63, 3.8) is 0 Å². The SMILES string of the molecule is CC.CN(C)c1cn2nccc2c(-c2ccc(CN)cc2)n1. The predicted octanol–water partition coefficient (Wildman–Crippen LogP) is 2.95. The minimum absolute atomic E-state index is 0.549. The lowest BCUT2D eigenvalue weighted by atomic mass is 10.1. The standard InChI is InChI=1S/C15H17N5.C2H6/c1-19(2)14-10-20-13(7-8-17-20)15(18-14)12-5-3-11(9-16)4-6-12;1-2/h3-8,10H,9,16H2,1-2H3;1-2H3. The molecule has 0 aliphatic rings.